The number of amides is 2. The van der Waals surface area contributed by atoms with Gasteiger partial charge in [0.2, 0.25) is 5.91 Å². The number of hydrogen-bond acceptors (Lipinski definition) is 2. The van der Waals surface area contributed by atoms with Gasteiger partial charge in [0.1, 0.15) is 0 Å². The first-order chi connectivity index (χ1) is 12.9. The number of carbonyl (C=O) groups excluding carboxylic acids is 2. The maximum Gasteiger partial charge on any atom is 0.253 e. The average Bonchev–Trinajstić information content (AvgIpc) is 2.68. The van der Waals surface area contributed by atoms with Gasteiger partial charge in [-0.25, -0.2) is 13.2 Å². The van der Waals surface area contributed by atoms with Crippen molar-refractivity contribution in [2.45, 2.75) is 19.8 Å². The summed E-state index contributed by atoms with van der Waals surface area (Å²) in [4.78, 5) is 26.5. The number of carbonyl (C=O) groups is 2. The zero-order chi connectivity index (χ0) is 19.6. The number of anilines is 1. The third-order valence-electron chi connectivity index (χ3n) is 4.74. The third-order valence-corrected chi connectivity index (χ3v) is 4.74. The van der Waals surface area contributed by atoms with Gasteiger partial charge in [0.15, 0.2) is 17.5 Å². The zero-order valence-corrected chi connectivity index (χ0v) is 14.8. The quantitative estimate of drug-likeness (QED) is 0.826. The van der Waals surface area contributed by atoms with Crippen molar-refractivity contribution < 1.29 is 22.8 Å². The van der Waals surface area contributed by atoms with Gasteiger partial charge < -0.3 is 10.2 Å². The summed E-state index contributed by atoms with van der Waals surface area (Å²) >= 11 is 0. The number of halogens is 3. The summed E-state index contributed by atoms with van der Waals surface area (Å²) in [6.07, 6.45) is 0.823. The van der Waals surface area contributed by atoms with Gasteiger partial charge in [0.05, 0.1) is 5.69 Å². The molecule has 0 aromatic heterocycles. The van der Waals surface area contributed by atoms with Crippen LogP contribution in [0, 0.1) is 30.3 Å². The van der Waals surface area contributed by atoms with E-state index in [0.717, 1.165) is 17.7 Å². The first kappa shape index (κ1) is 18.9. The smallest absolute Gasteiger partial charge is 0.253 e. The average molecular weight is 376 g/mol. The fourth-order valence-electron chi connectivity index (χ4n) is 3.08. The van der Waals surface area contributed by atoms with Crippen molar-refractivity contribution in [1.82, 2.24) is 4.90 Å². The standard InChI is InChI=1S/C20H19F3N2O2/c1-12-2-4-14(5-3-12)20(27)25-10-8-13(9-11-25)19(26)24-16-7-6-15(21)17(22)18(16)23/h2-7,13H,8-11H2,1H3,(H,24,26). The molecule has 4 nitrogen and oxygen atoms in total. The normalized spacial score (nSPS) is 14.9. The lowest BCUT2D eigenvalue weighted by atomic mass is 9.95. The number of nitrogens with one attached hydrogen (secondary N) is 1. The van der Waals surface area contributed by atoms with Crippen molar-refractivity contribution in [3.8, 4) is 0 Å². The molecule has 0 saturated carbocycles. The van der Waals surface area contributed by atoms with Crippen LogP contribution < -0.4 is 5.32 Å². The van der Waals surface area contributed by atoms with Crippen molar-refractivity contribution in [3.05, 3.63) is 65.0 Å². The number of nitrogens with zero attached hydrogens (tertiary/aromatic N) is 1. The van der Waals surface area contributed by atoms with E-state index in [4.69, 9.17) is 0 Å². The monoisotopic (exact) mass is 376 g/mol. The predicted octanol–water partition coefficient (Wildman–Crippen LogP) is 3.90. The Morgan fingerprint density at radius 2 is 1.59 bits per heavy atom. The molecule has 7 heteroatoms. The summed E-state index contributed by atoms with van der Waals surface area (Å²) in [5.41, 5.74) is 1.26. The highest BCUT2D eigenvalue weighted by Gasteiger charge is 2.28. The molecule has 27 heavy (non-hydrogen) atoms. The lowest BCUT2D eigenvalue weighted by Crippen LogP contribution is -2.41. The van der Waals surface area contributed by atoms with E-state index >= 15 is 0 Å². The molecular weight excluding hydrogens is 357 g/mol. The van der Waals surface area contributed by atoms with Gasteiger partial charge in [-0.05, 0) is 44.0 Å². The molecule has 1 aliphatic rings. The topological polar surface area (TPSA) is 49.4 Å². The third kappa shape index (κ3) is 4.13. The van der Waals surface area contributed by atoms with Gasteiger partial charge in [-0.3, -0.25) is 9.59 Å². The van der Waals surface area contributed by atoms with Crippen LogP contribution in [0.5, 0.6) is 0 Å². The van der Waals surface area contributed by atoms with Crippen LogP contribution in [0.15, 0.2) is 36.4 Å². The van der Waals surface area contributed by atoms with Crippen LogP contribution in [0.1, 0.15) is 28.8 Å². The minimum Gasteiger partial charge on any atom is -0.339 e. The molecule has 0 spiro atoms. The number of likely N-dealkylation sites (tertiary alicyclic amines) is 1. The summed E-state index contributed by atoms with van der Waals surface area (Å²) in [6.45, 7) is 2.73. The second-order valence-corrected chi connectivity index (χ2v) is 6.64. The predicted molar refractivity (Wildman–Crippen MR) is 94.8 cm³/mol. The molecule has 2 aromatic carbocycles. The Morgan fingerprint density at radius 3 is 2.22 bits per heavy atom. The van der Waals surface area contributed by atoms with Gasteiger partial charge in [-0.2, -0.15) is 0 Å². The first-order valence-electron chi connectivity index (χ1n) is 8.67. The second kappa shape index (κ2) is 7.82. The van der Waals surface area contributed by atoms with Crippen LogP contribution in [0.4, 0.5) is 18.9 Å². The van der Waals surface area contributed by atoms with Gasteiger partial charge in [-0.1, -0.05) is 17.7 Å². The molecule has 1 aliphatic heterocycles. The van der Waals surface area contributed by atoms with Crippen LogP contribution in [0.3, 0.4) is 0 Å². The van der Waals surface area contributed by atoms with E-state index in [2.05, 4.69) is 5.32 Å². The van der Waals surface area contributed by atoms with Gasteiger partial charge in [0.25, 0.3) is 5.91 Å². The summed E-state index contributed by atoms with van der Waals surface area (Å²) in [6, 6.07) is 9.01. The molecule has 0 unspecified atom stereocenters. The molecule has 142 valence electrons. The Balaban J connectivity index is 1.59. The highest BCUT2D eigenvalue weighted by atomic mass is 19.2. The fraction of sp³-hybridized carbons (Fsp3) is 0.300. The van der Waals surface area contributed by atoms with E-state index in [0.29, 0.717) is 31.5 Å². The van der Waals surface area contributed by atoms with Crippen molar-refractivity contribution in [2.75, 3.05) is 18.4 Å². The Hall–Kier alpha value is -2.83. The van der Waals surface area contributed by atoms with E-state index in [1.165, 1.54) is 0 Å². The molecule has 3 rings (SSSR count). The maximum absolute atomic E-state index is 13.7. The number of hydrogen-bond donors (Lipinski definition) is 1. The summed E-state index contributed by atoms with van der Waals surface area (Å²) in [5, 5.41) is 2.31. The zero-order valence-electron chi connectivity index (χ0n) is 14.8. The van der Waals surface area contributed by atoms with E-state index in [1.54, 1.807) is 17.0 Å². The van der Waals surface area contributed by atoms with Crippen LogP contribution in [-0.2, 0) is 4.79 Å². The summed E-state index contributed by atoms with van der Waals surface area (Å²) in [5.74, 6) is -5.35. The molecule has 1 fully saturated rings. The Morgan fingerprint density at radius 1 is 0.963 bits per heavy atom. The summed E-state index contributed by atoms with van der Waals surface area (Å²) < 4.78 is 39.9. The van der Waals surface area contributed by atoms with Crippen LogP contribution >= 0.6 is 0 Å². The van der Waals surface area contributed by atoms with Gasteiger partial charge >= 0.3 is 0 Å². The summed E-state index contributed by atoms with van der Waals surface area (Å²) in [7, 11) is 0. The van der Waals surface area contributed by atoms with Gasteiger partial charge in [-0.15, -0.1) is 0 Å². The minimum atomic E-state index is -1.62. The Kier molecular flexibility index (Phi) is 5.48. The van der Waals surface area contributed by atoms with Crippen LogP contribution in [0.2, 0.25) is 0 Å². The Bertz CT molecular complexity index is 860. The number of aryl methyl sites for hydroxylation is 1. The van der Waals surface area contributed by atoms with E-state index in [-0.39, 0.29) is 5.91 Å². The highest BCUT2D eigenvalue weighted by molar-refractivity contribution is 5.95. The highest BCUT2D eigenvalue weighted by Crippen LogP contribution is 2.24. The fourth-order valence-corrected chi connectivity index (χ4v) is 3.08. The minimum absolute atomic E-state index is 0.0968. The molecule has 1 heterocycles. The van der Waals surface area contributed by atoms with E-state index < -0.39 is 35.0 Å². The van der Waals surface area contributed by atoms with E-state index in [9.17, 15) is 22.8 Å². The van der Waals surface area contributed by atoms with Crippen molar-refractivity contribution in [3.63, 3.8) is 0 Å². The molecule has 2 aromatic rings. The lowest BCUT2D eigenvalue weighted by Gasteiger charge is -2.31. The molecule has 1 N–H and O–H groups in total. The lowest BCUT2D eigenvalue weighted by molar-refractivity contribution is -0.121. The number of piperidine rings is 1. The SMILES string of the molecule is Cc1ccc(C(=O)N2CCC(C(=O)Nc3ccc(F)c(F)c3F)CC2)cc1. The molecular formula is C20H19F3N2O2. The van der Waals surface area contributed by atoms with Crippen molar-refractivity contribution >= 4 is 17.5 Å². The van der Waals surface area contributed by atoms with Gasteiger partial charge in [0, 0.05) is 24.6 Å². The van der Waals surface area contributed by atoms with Crippen molar-refractivity contribution in [2.24, 2.45) is 5.92 Å². The largest absolute Gasteiger partial charge is 0.339 e. The Labute approximate surface area is 155 Å². The maximum atomic E-state index is 13.7. The van der Waals surface area contributed by atoms with Crippen LogP contribution in [-0.4, -0.2) is 29.8 Å². The van der Waals surface area contributed by atoms with Crippen LogP contribution in [0.25, 0.3) is 0 Å². The first-order valence-corrected chi connectivity index (χ1v) is 8.67. The van der Waals surface area contributed by atoms with E-state index in [1.807, 2.05) is 19.1 Å². The molecule has 0 atom stereocenters. The molecule has 0 bridgehead atoms. The molecule has 2 amide bonds. The molecule has 1 saturated heterocycles. The van der Waals surface area contributed by atoms with Crippen molar-refractivity contribution in [1.29, 1.82) is 0 Å². The molecule has 0 radical (unpaired) electrons. The number of benzene rings is 2. The molecule has 0 aliphatic carbocycles. The number of rotatable bonds is 3. The second-order valence-electron chi connectivity index (χ2n) is 6.64.